The molecule has 0 atom stereocenters. The Morgan fingerprint density at radius 3 is 2.44 bits per heavy atom. The molecule has 0 N–H and O–H groups in total. The number of halogens is 1. The van der Waals surface area contributed by atoms with Crippen LogP contribution >= 0.6 is 11.6 Å². The van der Waals surface area contributed by atoms with Gasteiger partial charge < -0.3 is 4.57 Å². The molecule has 0 spiro atoms. The lowest BCUT2D eigenvalue weighted by molar-refractivity contribution is 0.104. The van der Waals surface area contributed by atoms with Gasteiger partial charge in [-0.25, -0.2) is 0 Å². The van der Waals surface area contributed by atoms with E-state index in [1.54, 1.807) is 12.1 Å². The summed E-state index contributed by atoms with van der Waals surface area (Å²) in [7, 11) is 0. The summed E-state index contributed by atoms with van der Waals surface area (Å²) in [5, 5.41) is 1.50. The van der Waals surface area contributed by atoms with E-state index < -0.39 is 0 Å². The standard InChI is InChI=1S/C22H24ClNO/c1-2-3-4-5-10-15-24-16-19(17-11-7-9-14-21(17)24)22(25)18-12-6-8-13-20(18)23/h6-9,11-14,16H,2-5,10,15H2,1H3. The van der Waals surface area contributed by atoms with Gasteiger partial charge in [0.05, 0.1) is 5.02 Å². The predicted octanol–water partition coefficient (Wildman–Crippen LogP) is 6.50. The van der Waals surface area contributed by atoms with Crippen LogP contribution in [-0.2, 0) is 6.54 Å². The van der Waals surface area contributed by atoms with Gasteiger partial charge in [0.25, 0.3) is 0 Å². The molecule has 0 fully saturated rings. The van der Waals surface area contributed by atoms with Crippen LogP contribution in [0.3, 0.4) is 0 Å². The monoisotopic (exact) mass is 353 g/mol. The third-order valence-electron chi connectivity index (χ3n) is 4.65. The van der Waals surface area contributed by atoms with Gasteiger partial charge in [0.1, 0.15) is 0 Å². The molecule has 3 heteroatoms. The van der Waals surface area contributed by atoms with Crippen LogP contribution < -0.4 is 0 Å². The topological polar surface area (TPSA) is 22.0 Å². The molecule has 1 heterocycles. The van der Waals surface area contributed by atoms with Crippen molar-refractivity contribution in [3.63, 3.8) is 0 Å². The Morgan fingerprint density at radius 1 is 0.920 bits per heavy atom. The first kappa shape index (κ1) is 17.8. The van der Waals surface area contributed by atoms with Gasteiger partial charge in [0.2, 0.25) is 0 Å². The van der Waals surface area contributed by atoms with Gasteiger partial charge in [-0.2, -0.15) is 0 Å². The molecule has 3 rings (SSSR count). The normalized spacial score (nSPS) is 11.1. The molecule has 130 valence electrons. The Bertz CT molecular complexity index is 865. The number of benzene rings is 2. The van der Waals surface area contributed by atoms with Crippen LogP contribution in [0.15, 0.2) is 54.7 Å². The van der Waals surface area contributed by atoms with E-state index in [0.717, 1.165) is 29.4 Å². The lowest BCUT2D eigenvalue weighted by Crippen LogP contribution is -2.02. The molecule has 1 aromatic heterocycles. The number of fused-ring (bicyclic) bond motifs is 1. The number of aromatic nitrogens is 1. The average molecular weight is 354 g/mol. The second-order valence-electron chi connectivity index (χ2n) is 6.48. The molecule has 0 radical (unpaired) electrons. The van der Waals surface area contributed by atoms with Gasteiger partial charge >= 0.3 is 0 Å². The minimum absolute atomic E-state index is 0.00784. The molecular weight excluding hydrogens is 330 g/mol. The van der Waals surface area contributed by atoms with Crippen LogP contribution in [0, 0.1) is 0 Å². The van der Waals surface area contributed by atoms with Crippen LogP contribution in [-0.4, -0.2) is 10.4 Å². The highest BCUT2D eigenvalue weighted by molar-refractivity contribution is 6.35. The highest BCUT2D eigenvalue weighted by atomic mass is 35.5. The number of para-hydroxylation sites is 1. The van der Waals surface area contributed by atoms with Crippen molar-refractivity contribution in [3.05, 3.63) is 70.9 Å². The van der Waals surface area contributed by atoms with Crippen molar-refractivity contribution < 1.29 is 4.79 Å². The molecule has 0 saturated heterocycles. The molecule has 2 nitrogen and oxygen atoms in total. The third-order valence-corrected chi connectivity index (χ3v) is 4.98. The number of hydrogen-bond acceptors (Lipinski definition) is 1. The lowest BCUT2D eigenvalue weighted by atomic mass is 10.0. The zero-order valence-corrected chi connectivity index (χ0v) is 15.4. The summed E-state index contributed by atoms with van der Waals surface area (Å²) >= 11 is 6.23. The molecule has 3 aromatic rings. The molecule has 0 aliphatic carbocycles. The smallest absolute Gasteiger partial charge is 0.196 e. The maximum absolute atomic E-state index is 13.0. The van der Waals surface area contributed by atoms with Crippen molar-refractivity contribution in [2.45, 2.75) is 45.6 Å². The SMILES string of the molecule is CCCCCCCn1cc(C(=O)c2ccccc2Cl)c2ccccc21. The zero-order valence-electron chi connectivity index (χ0n) is 14.7. The first-order valence-corrected chi connectivity index (χ1v) is 9.47. The molecule has 0 amide bonds. The van der Waals surface area contributed by atoms with Crippen LogP contribution in [0.4, 0.5) is 0 Å². The van der Waals surface area contributed by atoms with Crippen LogP contribution in [0.5, 0.6) is 0 Å². The van der Waals surface area contributed by atoms with Crippen molar-refractivity contribution in [3.8, 4) is 0 Å². The molecule has 0 bridgehead atoms. The number of hydrogen-bond donors (Lipinski definition) is 0. The summed E-state index contributed by atoms with van der Waals surface area (Å²) in [5.41, 5.74) is 2.42. The van der Waals surface area contributed by atoms with Gasteiger partial charge in [-0.05, 0) is 24.6 Å². The molecule has 0 saturated carbocycles. The summed E-state index contributed by atoms with van der Waals surface area (Å²) in [5.74, 6) is -0.00784. The van der Waals surface area contributed by atoms with Gasteiger partial charge in [0.15, 0.2) is 5.78 Å². The minimum atomic E-state index is -0.00784. The minimum Gasteiger partial charge on any atom is -0.347 e. The summed E-state index contributed by atoms with van der Waals surface area (Å²) < 4.78 is 2.21. The number of unbranched alkanes of at least 4 members (excludes halogenated alkanes) is 4. The predicted molar refractivity (Wildman–Crippen MR) is 106 cm³/mol. The van der Waals surface area contributed by atoms with Gasteiger partial charge in [0, 0.05) is 34.8 Å². The highest BCUT2D eigenvalue weighted by Gasteiger charge is 2.18. The number of carbonyl (C=O) groups excluding carboxylic acids is 1. The maximum atomic E-state index is 13.0. The van der Waals surface area contributed by atoms with Crippen LogP contribution in [0.1, 0.15) is 54.9 Å². The van der Waals surface area contributed by atoms with Crippen LogP contribution in [0.2, 0.25) is 5.02 Å². The second-order valence-corrected chi connectivity index (χ2v) is 6.88. The summed E-state index contributed by atoms with van der Waals surface area (Å²) in [6, 6.07) is 15.4. The van der Waals surface area contributed by atoms with Crippen molar-refractivity contribution in [2.24, 2.45) is 0 Å². The van der Waals surface area contributed by atoms with Crippen molar-refractivity contribution in [2.75, 3.05) is 0 Å². The molecular formula is C22H24ClNO. The van der Waals surface area contributed by atoms with E-state index in [1.165, 1.54) is 25.7 Å². The van der Waals surface area contributed by atoms with Crippen molar-refractivity contribution in [1.29, 1.82) is 0 Å². The molecule has 0 unspecified atom stereocenters. The Labute approximate surface area is 154 Å². The van der Waals surface area contributed by atoms with Crippen molar-refractivity contribution in [1.82, 2.24) is 4.57 Å². The third kappa shape index (κ3) is 3.96. The molecule has 25 heavy (non-hydrogen) atoms. The highest BCUT2D eigenvalue weighted by Crippen LogP contribution is 2.27. The Hall–Kier alpha value is -2.06. The number of ketones is 1. The van der Waals surface area contributed by atoms with E-state index in [2.05, 4.69) is 17.6 Å². The fraction of sp³-hybridized carbons (Fsp3) is 0.318. The van der Waals surface area contributed by atoms with Gasteiger partial charge in [-0.15, -0.1) is 0 Å². The summed E-state index contributed by atoms with van der Waals surface area (Å²) in [6.07, 6.45) is 8.19. The first-order chi connectivity index (χ1) is 12.2. The first-order valence-electron chi connectivity index (χ1n) is 9.09. The number of rotatable bonds is 8. The van der Waals surface area contributed by atoms with E-state index in [-0.39, 0.29) is 5.78 Å². The zero-order chi connectivity index (χ0) is 17.6. The van der Waals surface area contributed by atoms with E-state index in [0.29, 0.717) is 10.6 Å². The van der Waals surface area contributed by atoms with Crippen molar-refractivity contribution >= 4 is 28.3 Å². The molecule has 0 aliphatic rings. The summed E-state index contributed by atoms with van der Waals surface area (Å²) in [4.78, 5) is 13.0. The Morgan fingerprint density at radius 2 is 1.64 bits per heavy atom. The fourth-order valence-corrected chi connectivity index (χ4v) is 3.51. The van der Waals surface area contributed by atoms with Gasteiger partial charge in [-0.3, -0.25) is 4.79 Å². The van der Waals surface area contributed by atoms with Gasteiger partial charge in [-0.1, -0.05) is 74.5 Å². The number of carbonyl (C=O) groups is 1. The van der Waals surface area contributed by atoms with E-state index >= 15 is 0 Å². The fourth-order valence-electron chi connectivity index (χ4n) is 3.29. The van der Waals surface area contributed by atoms with E-state index in [1.807, 2.05) is 36.5 Å². The summed E-state index contributed by atoms with van der Waals surface area (Å²) in [6.45, 7) is 3.17. The van der Waals surface area contributed by atoms with Crippen LogP contribution in [0.25, 0.3) is 10.9 Å². The molecule has 0 aliphatic heterocycles. The average Bonchev–Trinajstić information content (AvgIpc) is 3.00. The second kappa shape index (κ2) is 8.35. The van der Waals surface area contributed by atoms with E-state index in [9.17, 15) is 4.79 Å². The quantitative estimate of drug-likeness (QED) is 0.335. The maximum Gasteiger partial charge on any atom is 0.196 e. The Balaban J connectivity index is 1.89. The Kier molecular flexibility index (Phi) is 5.93. The number of aryl methyl sites for hydroxylation is 1. The largest absolute Gasteiger partial charge is 0.347 e. The molecule has 2 aromatic carbocycles. The number of nitrogens with zero attached hydrogens (tertiary/aromatic N) is 1. The van der Waals surface area contributed by atoms with E-state index in [4.69, 9.17) is 11.6 Å². The lowest BCUT2D eigenvalue weighted by Gasteiger charge is -2.05.